The Morgan fingerprint density at radius 2 is 1.43 bits per heavy atom. The summed E-state index contributed by atoms with van der Waals surface area (Å²) in [6.45, 7) is 0. The molecule has 0 amide bonds. The van der Waals surface area contributed by atoms with Crippen molar-refractivity contribution in [2.45, 2.75) is 0 Å². The van der Waals surface area contributed by atoms with Crippen LogP contribution in [0.5, 0.6) is 0 Å². The van der Waals surface area contributed by atoms with Gasteiger partial charge in [-0.1, -0.05) is 0 Å². The minimum Gasteiger partial charge on any atom is -0.726 e. The van der Waals surface area contributed by atoms with Gasteiger partial charge in [0.2, 0.25) is 10.4 Å². The van der Waals surface area contributed by atoms with E-state index in [9.17, 15) is 0 Å². The predicted molar refractivity (Wildman–Crippen MR) is 12.3 cm³/mol. The van der Waals surface area contributed by atoms with Crippen LogP contribution in [0.1, 0.15) is 0 Å². The van der Waals surface area contributed by atoms with Crippen molar-refractivity contribution in [3.05, 3.63) is 0 Å². The first-order valence-electron chi connectivity index (χ1n) is 0.683. The van der Waals surface area contributed by atoms with Gasteiger partial charge in [-0.2, -0.15) is 0 Å². The smallest absolute Gasteiger partial charge is 0.726 e. The molecule has 0 saturated carbocycles. The molecule has 0 rings (SSSR count). The minimum atomic E-state index is -4.92. The molecule has 1 radical (unpaired) electrons. The van der Waals surface area contributed by atoms with Crippen LogP contribution in [0.25, 0.3) is 0 Å². The van der Waals surface area contributed by atoms with Crippen molar-refractivity contribution >= 4 is 10.4 Å². The normalized spacial score (nSPS) is 8.29. The van der Waals surface area contributed by atoms with Crippen LogP contribution >= 0.6 is 0 Å². The molecule has 0 aliphatic heterocycles. The SMILES string of the molecule is O=S(=O)([O-])O.[Hg+].[Hg]. The van der Waals surface area contributed by atoms with Crippen molar-refractivity contribution < 1.29 is 72.9 Å². The zero-order valence-corrected chi connectivity index (χ0v) is 15.3. The van der Waals surface area contributed by atoms with Gasteiger partial charge in [-0.05, 0) is 0 Å². The van der Waals surface area contributed by atoms with E-state index in [2.05, 4.69) is 0 Å². The number of rotatable bonds is 0. The number of hydrogen-bond donors (Lipinski definition) is 1. The average Bonchev–Trinajstić information content (AvgIpc) is 0.722. The van der Waals surface area contributed by atoms with Crippen LogP contribution < -0.4 is 0 Å². The molecule has 7 heavy (non-hydrogen) atoms. The zero-order chi connectivity index (χ0) is 4.50. The van der Waals surface area contributed by atoms with E-state index in [1.807, 2.05) is 0 Å². The molecule has 35 valence electrons. The molecule has 0 saturated heterocycles. The topological polar surface area (TPSA) is 77.4 Å². The van der Waals surface area contributed by atoms with E-state index in [1.54, 1.807) is 0 Å². The second-order valence-corrected chi connectivity index (χ2v) is 1.28. The molecule has 0 fully saturated rings. The molecule has 0 bridgehead atoms. The second kappa shape index (κ2) is 5.87. The van der Waals surface area contributed by atoms with Crippen LogP contribution in [-0.2, 0) is 65.7 Å². The maximum absolute atomic E-state index is 8.63. The molecule has 7 heteroatoms. The summed E-state index contributed by atoms with van der Waals surface area (Å²) in [5.41, 5.74) is 0. The largest absolute Gasteiger partial charge is 1.00 e. The summed E-state index contributed by atoms with van der Waals surface area (Å²) >= 11 is 0. The van der Waals surface area contributed by atoms with Gasteiger partial charge in [0.25, 0.3) is 0 Å². The maximum Gasteiger partial charge on any atom is 1.00 e. The van der Waals surface area contributed by atoms with Crippen LogP contribution in [-0.4, -0.2) is 17.5 Å². The average molecular weight is 498 g/mol. The molecule has 0 aliphatic carbocycles. The molecular weight excluding hydrogens is 497 g/mol. The van der Waals surface area contributed by atoms with Gasteiger partial charge in [0.1, 0.15) is 0 Å². The summed E-state index contributed by atoms with van der Waals surface area (Å²) in [7, 11) is -4.92. The molecule has 0 aliphatic rings. The molecule has 0 spiro atoms. The Labute approximate surface area is 82.3 Å². The standard InChI is InChI=1S/2Hg.H2O4S/c;;1-5(2,3)4/h;;(H2,1,2,3,4)/q;+1;/p-1. The molecule has 0 heterocycles. The van der Waals surface area contributed by atoms with Gasteiger partial charge in [-0.3, -0.25) is 4.55 Å². The van der Waals surface area contributed by atoms with E-state index in [1.165, 1.54) is 0 Å². The molecule has 0 unspecified atom stereocenters. The third-order valence-corrected chi connectivity index (χ3v) is 0. The van der Waals surface area contributed by atoms with Crippen LogP contribution in [0, 0.1) is 0 Å². The molecule has 0 aromatic rings. The van der Waals surface area contributed by atoms with E-state index in [0.717, 1.165) is 0 Å². The Balaban J connectivity index is -0.0000000800. The van der Waals surface area contributed by atoms with Crippen LogP contribution in [0.2, 0.25) is 0 Å². The Bertz CT molecular complexity index is 92.9. The molecule has 0 atom stereocenters. The van der Waals surface area contributed by atoms with Gasteiger partial charge in [0.15, 0.2) is 0 Å². The Morgan fingerprint density at radius 3 is 1.43 bits per heavy atom. The molecule has 0 aromatic carbocycles. The van der Waals surface area contributed by atoms with Crippen molar-refractivity contribution in [2.75, 3.05) is 0 Å². The first-order chi connectivity index (χ1) is 2.00. The van der Waals surface area contributed by atoms with Gasteiger partial charge in [-0.15, -0.1) is 0 Å². The van der Waals surface area contributed by atoms with Gasteiger partial charge in [0.05, 0.1) is 0 Å². The molecule has 0 aromatic heterocycles. The van der Waals surface area contributed by atoms with Crippen molar-refractivity contribution in [2.24, 2.45) is 0 Å². The molecular formula is HHg2O4S. The fourth-order valence-electron chi connectivity index (χ4n) is 0. The maximum atomic E-state index is 8.63. The number of hydrogen-bond acceptors (Lipinski definition) is 3. The van der Waals surface area contributed by atoms with Crippen molar-refractivity contribution in [1.29, 1.82) is 0 Å². The minimum absolute atomic E-state index is 0. The van der Waals surface area contributed by atoms with E-state index in [0.29, 0.717) is 0 Å². The summed E-state index contributed by atoms with van der Waals surface area (Å²) in [4.78, 5) is 0. The van der Waals surface area contributed by atoms with Crippen LogP contribution in [0.3, 0.4) is 0 Å². The van der Waals surface area contributed by atoms with Crippen LogP contribution in [0.15, 0.2) is 0 Å². The quantitative estimate of drug-likeness (QED) is 0.264. The summed E-state index contributed by atoms with van der Waals surface area (Å²) in [6.07, 6.45) is 0. The summed E-state index contributed by atoms with van der Waals surface area (Å²) in [6, 6.07) is 0. The van der Waals surface area contributed by atoms with E-state index in [-0.39, 0.29) is 55.3 Å². The first kappa shape index (κ1) is 15.9. The van der Waals surface area contributed by atoms with E-state index >= 15 is 0 Å². The molecule has 1 N–H and O–H groups in total. The van der Waals surface area contributed by atoms with Gasteiger partial charge in [0, 0.05) is 27.7 Å². The second-order valence-electron chi connectivity index (χ2n) is 0.428. The Kier molecular flexibility index (Phi) is 13.3. The van der Waals surface area contributed by atoms with Gasteiger partial charge >= 0.3 is 27.7 Å². The summed E-state index contributed by atoms with van der Waals surface area (Å²) < 4.78 is 32.8. The third kappa shape index (κ3) is 84.2. The van der Waals surface area contributed by atoms with Gasteiger partial charge in [-0.25, -0.2) is 8.42 Å². The van der Waals surface area contributed by atoms with Crippen LogP contribution in [0.4, 0.5) is 0 Å². The first-order valence-corrected chi connectivity index (χ1v) is 2.05. The van der Waals surface area contributed by atoms with Gasteiger partial charge < -0.3 is 4.55 Å². The van der Waals surface area contributed by atoms with E-state index < -0.39 is 10.4 Å². The van der Waals surface area contributed by atoms with Crippen molar-refractivity contribution in [3.63, 3.8) is 0 Å². The fourth-order valence-corrected chi connectivity index (χ4v) is 0. The monoisotopic (exact) mass is 501 g/mol. The van der Waals surface area contributed by atoms with E-state index in [4.69, 9.17) is 17.5 Å². The van der Waals surface area contributed by atoms with Crippen molar-refractivity contribution in [1.82, 2.24) is 0 Å². The fraction of sp³-hybridized carbons (Fsp3) is 0. The third-order valence-electron chi connectivity index (χ3n) is 0. The zero-order valence-electron chi connectivity index (χ0n) is 3.49. The Hall–Kier alpha value is 1.74. The Morgan fingerprint density at radius 1 is 1.43 bits per heavy atom. The predicted octanol–water partition coefficient (Wildman–Crippen LogP) is -1.00. The summed E-state index contributed by atoms with van der Waals surface area (Å²) in [5.74, 6) is 0. The summed E-state index contributed by atoms with van der Waals surface area (Å²) in [5, 5.41) is 0. The van der Waals surface area contributed by atoms with Crippen molar-refractivity contribution in [3.8, 4) is 0 Å². The molecule has 4 nitrogen and oxygen atoms in total.